The lowest BCUT2D eigenvalue weighted by Gasteiger charge is -2.11. The van der Waals surface area contributed by atoms with Gasteiger partial charge >= 0.3 is 5.97 Å². The average Bonchev–Trinajstić information content (AvgIpc) is 2.51. The van der Waals surface area contributed by atoms with Crippen molar-refractivity contribution in [1.29, 1.82) is 0 Å². The first-order chi connectivity index (χ1) is 5.20. The number of carbonyl (C=O) groups is 1. The first kappa shape index (κ1) is 7.10. The van der Waals surface area contributed by atoms with Gasteiger partial charge in [0.2, 0.25) is 0 Å². The van der Waals surface area contributed by atoms with Crippen molar-refractivity contribution in [3.8, 4) is 0 Å². The minimum atomic E-state index is -0.692. The molecule has 1 heterocycles. The third-order valence-corrected chi connectivity index (χ3v) is 2.83. The molecule has 0 radical (unpaired) electrons. The smallest absolute Gasteiger partial charge is 0.317 e. The highest BCUT2D eigenvalue weighted by molar-refractivity contribution is 5.69. The molecule has 1 saturated carbocycles. The van der Waals surface area contributed by atoms with Gasteiger partial charge in [-0.3, -0.25) is 9.69 Å². The zero-order valence-corrected chi connectivity index (χ0v) is 6.55. The van der Waals surface area contributed by atoms with Crippen LogP contribution in [0.5, 0.6) is 0 Å². The Morgan fingerprint density at radius 1 is 1.45 bits per heavy atom. The second-order valence-corrected chi connectivity index (χ2v) is 3.85. The van der Waals surface area contributed by atoms with Gasteiger partial charge in [-0.2, -0.15) is 0 Å². The van der Waals surface area contributed by atoms with Crippen LogP contribution in [0.3, 0.4) is 0 Å². The molecule has 0 aromatic carbocycles. The van der Waals surface area contributed by atoms with Gasteiger partial charge in [-0.15, -0.1) is 0 Å². The standard InChI is InChI=1S/C8H13NO2/c10-7(11)5-9-4-3-8(6-9)1-2-8/h1-6H2,(H,10,11). The van der Waals surface area contributed by atoms with Gasteiger partial charge in [-0.05, 0) is 31.2 Å². The lowest BCUT2D eigenvalue weighted by atomic mass is 10.1. The van der Waals surface area contributed by atoms with E-state index in [4.69, 9.17) is 5.11 Å². The Balaban J connectivity index is 1.85. The van der Waals surface area contributed by atoms with Gasteiger partial charge in [-0.1, -0.05) is 0 Å². The third-order valence-electron chi connectivity index (χ3n) is 2.83. The number of hydrogen-bond acceptors (Lipinski definition) is 2. The molecule has 0 atom stereocenters. The molecule has 1 aliphatic carbocycles. The van der Waals surface area contributed by atoms with Crippen LogP contribution in [0.2, 0.25) is 0 Å². The molecule has 3 nitrogen and oxygen atoms in total. The number of carboxylic acids is 1. The van der Waals surface area contributed by atoms with Crippen molar-refractivity contribution in [2.45, 2.75) is 19.3 Å². The van der Waals surface area contributed by atoms with E-state index in [-0.39, 0.29) is 6.54 Å². The first-order valence-corrected chi connectivity index (χ1v) is 4.14. The molecule has 1 spiro atoms. The second-order valence-electron chi connectivity index (χ2n) is 3.85. The fourth-order valence-electron chi connectivity index (χ4n) is 1.94. The lowest BCUT2D eigenvalue weighted by molar-refractivity contribution is -0.138. The maximum Gasteiger partial charge on any atom is 0.317 e. The van der Waals surface area contributed by atoms with Crippen LogP contribution in [0, 0.1) is 5.41 Å². The molecule has 3 heteroatoms. The van der Waals surface area contributed by atoms with E-state index in [2.05, 4.69) is 4.90 Å². The molecule has 2 rings (SSSR count). The number of carboxylic acid groups (broad SMARTS) is 1. The Hall–Kier alpha value is -0.570. The van der Waals surface area contributed by atoms with Gasteiger partial charge in [0.05, 0.1) is 6.54 Å². The summed E-state index contributed by atoms with van der Waals surface area (Å²) in [5.41, 5.74) is 0.565. The predicted molar refractivity (Wildman–Crippen MR) is 40.4 cm³/mol. The van der Waals surface area contributed by atoms with Gasteiger partial charge in [-0.25, -0.2) is 0 Å². The number of nitrogens with zero attached hydrogens (tertiary/aromatic N) is 1. The van der Waals surface area contributed by atoms with Crippen molar-refractivity contribution in [1.82, 2.24) is 4.90 Å². The summed E-state index contributed by atoms with van der Waals surface area (Å²) in [5, 5.41) is 8.52. The normalized spacial score (nSPS) is 27.6. The highest BCUT2D eigenvalue weighted by atomic mass is 16.4. The molecule has 0 amide bonds. The molecule has 2 fully saturated rings. The van der Waals surface area contributed by atoms with Crippen LogP contribution >= 0.6 is 0 Å². The van der Waals surface area contributed by atoms with E-state index in [1.54, 1.807) is 0 Å². The first-order valence-electron chi connectivity index (χ1n) is 4.14. The maximum atomic E-state index is 10.3. The maximum absolute atomic E-state index is 10.3. The summed E-state index contributed by atoms with van der Waals surface area (Å²) >= 11 is 0. The van der Waals surface area contributed by atoms with Crippen LogP contribution in [0.15, 0.2) is 0 Å². The number of likely N-dealkylation sites (tertiary alicyclic amines) is 1. The summed E-state index contributed by atoms with van der Waals surface area (Å²) in [7, 11) is 0. The summed E-state index contributed by atoms with van der Waals surface area (Å²) < 4.78 is 0. The molecule has 2 aliphatic rings. The zero-order valence-electron chi connectivity index (χ0n) is 6.55. The van der Waals surface area contributed by atoms with Crippen LogP contribution in [0.1, 0.15) is 19.3 Å². The van der Waals surface area contributed by atoms with Crippen molar-refractivity contribution >= 4 is 5.97 Å². The minimum Gasteiger partial charge on any atom is -0.480 e. The van der Waals surface area contributed by atoms with Crippen LogP contribution < -0.4 is 0 Å². The van der Waals surface area contributed by atoms with Crippen LogP contribution in [-0.4, -0.2) is 35.6 Å². The van der Waals surface area contributed by atoms with Gasteiger partial charge < -0.3 is 5.11 Å². The van der Waals surface area contributed by atoms with Crippen molar-refractivity contribution in [2.24, 2.45) is 5.41 Å². The Bertz CT molecular complexity index is 187. The van der Waals surface area contributed by atoms with Gasteiger partial charge in [0, 0.05) is 6.54 Å². The summed E-state index contributed by atoms with van der Waals surface area (Å²) in [6.07, 6.45) is 3.87. The summed E-state index contributed by atoms with van der Waals surface area (Å²) in [6, 6.07) is 0. The molecule has 1 N–H and O–H groups in total. The Morgan fingerprint density at radius 3 is 2.64 bits per heavy atom. The van der Waals surface area contributed by atoms with Crippen LogP contribution in [-0.2, 0) is 4.79 Å². The fraction of sp³-hybridized carbons (Fsp3) is 0.875. The van der Waals surface area contributed by atoms with Crippen molar-refractivity contribution in [2.75, 3.05) is 19.6 Å². The fourth-order valence-corrected chi connectivity index (χ4v) is 1.94. The average molecular weight is 155 g/mol. The number of aliphatic carboxylic acids is 1. The van der Waals surface area contributed by atoms with Crippen molar-refractivity contribution < 1.29 is 9.90 Å². The van der Waals surface area contributed by atoms with Crippen molar-refractivity contribution in [3.63, 3.8) is 0 Å². The summed E-state index contributed by atoms with van der Waals surface area (Å²) in [5.74, 6) is -0.692. The summed E-state index contributed by atoms with van der Waals surface area (Å²) in [4.78, 5) is 12.4. The highest BCUT2D eigenvalue weighted by Crippen LogP contribution is 2.52. The monoisotopic (exact) mass is 155 g/mol. The van der Waals surface area contributed by atoms with Crippen LogP contribution in [0.4, 0.5) is 0 Å². The number of rotatable bonds is 2. The largest absolute Gasteiger partial charge is 0.480 e. The zero-order chi connectivity index (χ0) is 7.90. The minimum absolute atomic E-state index is 0.238. The van der Waals surface area contributed by atoms with Gasteiger partial charge in [0.15, 0.2) is 0 Å². The molecule has 1 saturated heterocycles. The van der Waals surface area contributed by atoms with E-state index in [1.165, 1.54) is 19.3 Å². The molecule has 0 unspecified atom stereocenters. The van der Waals surface area contributed by atoms with E-state index in [0.717, 1.165) is 13.1 Å². The van der Waals surface area contributed by atoms with Crippen LogP contribution in [0.25, 0.3) is 0 Å². The molecule has 62 valence electrons. The SMILES string of the molecule is O=C(O)CN1CCC2(CC2)C1. The van der Waals surface area contributed by atoms with E-state index in [9.17, 15) is 4.79 Å². The lowest BCUT2D eigenvalue weighted by Crippen LogP contribution is -2.27. The molecule has 1 aliphatic heterocycles. The number of hydrogen-bond donors (Lipinski definition) is 1. The third kappa shape index (κ3) is 1.38. The highest BCUT2D eigenvalue weighted by Gasteiger charge is 2.47. The quantitative estimate of drug-likeness (QED) is 0.633. The second kappa shape index (κ2) is 2.21. The van der Waals surface area contributed by atoms with Gasteiger partial charge in [0.1, 0.15) is 0 Å². The predicted octanol–water partition coefficient (Wildman–Crippen LogP) is 0.557. The van der Waals surface area contributed by atoms with Crippen molar-refractivity contribution in [3.05, 3.63) is 0 Å². The molecular formula is C8H13NO2. The molecule has 0 bridgehead atoms. The Labute approximate surface area is 66.0 Å². The van der Waals surface area contributed by atoms with E-state index < -0.39 is 5.97 Å². The van der Waals surface area contributed by atoms with E-state index in [1.807, 2.05) is 0 Å². The van der Waals surface area contributed by atoms with E-state index >= 15 is 0 Å². The topological polar surface area (TPSA) is 40.5 Å². The Kier molecular flexibility index (Phi) is 1.42. The summed E-state index contributed by atoms with van der Waals surface area (Å²) in [6.45, 7) is 2.26. The van der Waals surface area contributed by atoms with Gasteiger partial charge in [0.25, 0.3) is 0 Å². The van der Waals surface area contributed by atoms with E-state index in [0.29, 0.717) is 5.41 Å². The molecule has 11 heavy (non-hydrogen) atoms. The Morgan fingerprint density at radius 2 is 2.18 bits per heavy atom. The molecule has 0 aromatic heterocycles. The molecule has 0 aromatic rings. The molecular weight excluding hydrogens is 142 g/mol.